The van der Waals surface area contributed by atoms with Crippen molar-refractivity contribution in [2.24, 2.45) is 0 Å². The molecule has 1 aromatic carbocycles. The Hall–Kier alpha value is -2.57. The van der Waals surface area contributed by atoms with Crippen molar-refractivity contribution in [3.8, 4) is 0 Å². The van der Waals surface area contributed by atoms with Gasteiger partial charge in [0.2, 0.25) is 10.0 Å². The highest BCUT2D eigenvalue weighted by molar-refractivity contribution is 7.89. The highest BCUT2D eigenvalue weighted by Gasteiger charge is 2.28. The van der Waals surface area contributed by atoms with Crippen LogP contribution in [0.15, 0.2) is 23.1 Å². The minimum absolute atomic E-state index is 0.138. The Morgan fingerprint density at radius 1 is 1.26 bits per heavy atom. The van der Waals surface area contributed by atoms with Gasteiger partial charge in [-0.25, -0.2) is 22.4 Å². The van der Waals surface area contributed by atoms with Crippen molar-refractivity contribution in [3.63, 3.8) is 0 Å². The Morgan fingerprint density at radius 2 is 1.93 bits per heavy atom. The van der Waals surface area contributed by atoms with Gasteiger partial charge in [-0.1, -0.05) is 0 Å². The molecule has 148 valence electrons. The van der Waals surface area contributed by atoms with Gasteiger partial charge in [0.05, 0.1) is 23.7 Å². The Morgan fingerprint density at radius 3 is 2.56 bits per heavy atom. The van der Waals surface area contributed by atoms with Crippen LogP contribution < -0.4 is 10.6 Å². The summed E-state index contributed by atoms with van der Waals surface area (Å²) in [5.74, 6) is -3.17. The van der Waals surface area contributed by atoms with Crippen molar-refractivity contribution in [1.82, 2.24) is 14.9 Å². The van der Waals surface area contributed by atoms with Gasteiger partial charge in [-0.15, -0.1) is 0 Å². The molecule has 12 heteroatoms. The van der Waals surface area contributed by atoms with Crippen LogP contribution in [0.25, 0.3) is 0 Å². The zero-order valence-electron chi connectivity index (χ0n) is 14.4. The summed E-state index contributed by atoms with van der Waals surface area (Å²) in [7, 11) is -2.66. The Kier molecular flexibility index (Phi) is 6.82. The lowest BCUT2D eigenvalue weighted by atomic mass is 10.2. The van der Waals surface area contributed by atoms with Gasteiger partial charge in [-0.05, 0) is 18.2 Å². The van der Waals surface area contributed by atoms with Crippen molar-refractivity contribution < 1.29 is 36.7 Å². The van der Waals surface area contributed by atoms with Gasteiger partial charge < -0.3 is 14.8 Å². The maximum Gasteiger partial charge on any atom is 0.341 e. The third kappa shape index (κ3) is 5.21. The number of morpholine rings is 1. The Labute approximate surface area is 154 Å². The number of imide groups is 1. The second kappa shape index (κ2) is 8.88. The molecule has 0 aliphatic carbocycles. The molecular weight excluding hydrogens is 385 g/mol. The fourth-order valence-electron chi connectivity index (χ4n) is 2.19. The number of nitrogens with one attached hydrogen (secondary N) is 2. The van der Waals surface area contributed by atoms with Crippen LogP contribution in [-0.2, 0) is 24.3 Å². The van der Waals surface area contributed by atoms with Gasteiger partial charge in [0.25, 0.3) is 5.91 Å². The fourth-order valence-corrected chi connectivity index (χ4v) is 3.63. The molecule has 2 N–H and O–H groups in total. The number of carbonyl (C=O) groups excluding carboxylic acids is 3. The van der Waals surface area contributed by atoms with E-state index in [9.17, 15) is 27.2 Å². The van der Waals surface area contributed by atoms with E-state index < -0.39 is 45.9 Å². The average molecular weight is 403 g/mol. The highest BCUT2D eigenvalue weighted by atomic mass is 32.2. The molecule has 27 heavy (non-hydrogen) atoms. The predicted octanol–water partition coefficient (Wildman–Crippen LogP) is -0.541. The summed E-state index contributed by atoms with van der Waals surface area (Å²) in [4.78, 5) is 34.1. The van der Waals surface area contributed by atoms with E-state index in [1.54, 1.807) is 0 Å². The number of rotatable bonds is 5. The van der Waals surface area contributed by atoms with Gasteiger partial charge >= 0.3 is 12.0 Å². The van der Waals surface area contributed by atoms with E-state index in [2.05, 4.69) is 10.1 Å². The number of sulfonamides is 1. The van der Waals surface area contributed by atoms with Crippen molar-refractivity contribution in [2.75, 3.05) is 40.0 Å². The molecule has 0 spiro atoms. The molecule has 1 heterocycles. The third-order valence-corrected chi connectivity index (χ3v) is 5.47. The van der Waals surface area contributed by atoms with Crippen LogP contribution in [0.3, 0.4) is 0 Å². The van der Waals surface area contributed by atoms with E-state index in [1.165, 1.54) is 7.05 Å². The summed E-state index contributed by atoms with van der Waals surface area (Å²) < 4.78 is 50.0. The van der Waals surface area contributed by atoms with Gasteiger partial charge in [0.15, 0.2) is 6.61 Å². The lowest BCUT2D eigenvalue weighted by Gasteiger charge is -2.26. The normalized spacial score (nSPS) is 15.0. The average Bonchev–Trinajstić information content (AvgIpc) is 2.66. The van der Waals surface area contributed by atoms with Crippen LogP contribution in [-0.4, -0.2) is 70.6 Å². The molecule has 1 aliphatic rings. The van der Waals surface area contributed by atoms with Crippen molar-refractivity contribution in [3.05, 3.63) is 29.6 Å². The van der Waals surface area contributed by atoms with Gasteiger partial charge in [0.1, 0.15) is 5.82 Å². The summed E-state index contributed by atoms with van der Waals surface area (Å²) in [5.41, 5.74) is -0.642. The van der Waals surface area contributed by atoms with Crippen molar-refractivity contribution in [1.29, 1.82) is 0 Å². The van der Waals surface area contributed by atoms with Gasteiger partial charge in [0, 0.05) is 20.1 Å². The standard InChI is InChI=1S/C15H18FN3O7S/c1-17-15(22)18-13(20)9-26-14(21)11-8-10(2-3-12(11)16)27(23,24)19-4-6-25-7-5-19/h2-3,8H,4-7,9H2,1H3,(H2,17,18,20,22). The first-order valence-electron chi connectivity index (χ1n) is 7.82. The highest BCUT2D eigenvalue weighted by Crippen LogP contribution is 2.20. The van der Waals surface area contributed by atoms with E-state index >= 15 is 0 Å². The number of urea groups is 1. The number of benzene rings is 1. The number of esters is 1. The monoisotopic (exact) mass is 403 g/mol. The first-order valence-corrected chi connectivity index (χ1v) is 9.26. The summed E-state index contributed by atoms with van der Waals surface area (Å²) in [6.07, 6.45) is 0. The largest absolute Gasteiger partial charge is 0.452 e. The molecule has 0 saturated carbocycles. The van der Waals surface area contributed by atoms with Gasteiger partial charge in [-0.2, -0.15) is 4.31 Å². The number of nitrogens with zero attached hydrogens (tertiary/aromatic N) is 1. The zero-order chi connectivity index (χ0) is 20.0. The summed E-state index contributed by atoms with van der Waals surface area (Å²) in [6, 6.07) is 1.91. The maximum absolute atomic E-state index is 13.9. The molecule has 2 rings (SSSR count). The molecule has 0 bridgehead atoms. The number of amides is 3. The SMILES string of the molecule is CNC(=O)NC(=O)COC(=O)c1cc(S(=O)(=O)N2CCOCC2)ccc1F. The van der Waals surface area contributed by atoms with Crippen LogP contribution in [0, 0.1) is 5.82 Å². The Balaban J connectivity index is 2.13. The molecule has 0 unspecified atom stereocenters. The maximum atomic E-state index is 13.9. The molecule has 1 fully saturated rings. The molecule has 0 atom stereocenters. The van der Waals surface area contributed by atoms with Crippen LogP contribution in [0.2, 0.25) is 0 Å². The van der Waals surface area contributed by atoms with E-state index in [1.807, 2.05) is 5.32 Å². The molecule has 1 saturated heterocycles. The fraction of sp³-hybridized carbons (Fsp3) is 0.400. The number of hydrogen-bond acceptors (Lipinski definition) is 7. The summed E-state index contributed by atoms with van der Waals surface area (Å²) >= 11 is 0. The molecular formula is C15H18FN3O7S. The van der Waals surface area contributed by atoms with E-state index in [0.717, 1.165) is 22.5 Å². The van der Waals surface area contributed by atoms with Crippen molar-refractivity contribution >= 4 is 27.9 Å². The van der Waals surface area contributed by atoms with E-state index in [-0.39, 0.29) is 31.2 Å². The van der Waals surface area contributed by atoms with Crippen LogP contribution in [0.4, 0.5) is 9.18 Å². The molecule has 0 radical (unpaired) electrons. The first-order chi connectivity index (χ1) is 12.8. The lowest BCUT2D eigenvalue weighted by molar-refractivity contribution is -0.123. The van der Waals surface area contributed by atoms with E-state index in [4.69, 9.17) is 4.74 Å². The molecule has 1 aromatic rings. The number of carbonyl (C=O) groups is 3. The number of hydrogen-bond donors (Lipinski definition) is 2. The lowest BCUT2D eigenvalue weighted by Crippen LogP contribution is -2.40. The molecule has 10 nitrogen and oxygen atoms in total. The minimum atomic E-state index is -3.94. The quantitative estimate of drug-likeness (QED) is 0.631. The summed E-state index contributed by atoms with van der Waals surface area (Å²) in [6.45, 7) is -0.101. The summed E-state index contributed by atoms with van der Waals surface area (Å²) in [5, 5.41) is 3.98. The van der Waals surface area contributed by atoms with E-state index in [0.29, 0.717) is 0 Å². The van der Waals surface area contributed by atoms with Gasteiger partial charge in [-0.3, -0.25) is 10.1 Å². The Bertz CT molecular complexity index is 838. The second-order valence-electron chi connectivity index (χ2n) is 5.36. The van der Waals surface area contributed by atoms with Crippen LogP contribution in [0.5, 0.6) is 0 Å². The molecule has 3 amide bonds. The first kappa shape index (κ1) is 20.7. The number of ether oxygens (including phenoxy) is 2. The zero-order valence-corrected chi connectivity index (χ0v) is 15.2. The minimum Gasteiger partial charge on any atom is -0.452 e. The third-order valence-electron chi connectivity index (χ3n) is 3.58. The second-order valence-corrected chi connectivity index (χ2v) is 7.30. The van der Waals surface area contributed by atoms with Crippen molar-refractivity contribution in [2.45, 2.75) is 4.90 Å². The topological polar surface area (TPSA) is 131 Å². The van der Waals surface area contributed by atoms with Crippen LogP contribution in [0.1, 0.15) is 10.4 Å². The smallest absolute Gasteiger partial charge is 0.341 e. The predicted molar refractivity (Wildman–Crippen MR) is 88.9 cm³/mol. The molecule has 0 aromatic heterocycles. The number of halogens is 1. The van der Waals surface area contributed by atoms with Crippen LogP contribution >= 0.6 is 0 Å². The molecule has 1 aliphatic heterocycles.